The molecule has 4 rings (SSSR count). The third kappa shape index (κ3) is 5.57. The molecule has 0 unspecified atom stereocenters. The predicted octanol–water partition coefficient (Wildman–Crippen LogP) is 4.58. The highest BCUT2D eigenvalue weighted by molar-refractivity contribution is 8.00. The Kier molecular flexibility index (Phi) is 7.59. The Bertz CT molecular complexity index is 1220. The van der Waals surface area contributed by atoms with Gasteiger partial charge in [0.15, 0.2) is 0 Å². The summed E-state index contributed by atoms with van der Waals surface area (Å²) in [7, 11) is -3.69. The Morgan fingerprint density at radius 1 is 1.09 bits per heavy atom. The van der Waals surface area contributed by atoms with Gasteiger partial charge in [0.2, 0.25) is 21.8 Å². The maximum absolute atomic E-state index is 13.4. The molecule has 9 heteroatoms. The number of rotatable bonds is 5. The van der Waals surface area contributed by atoms with Crippen LogP contribution in [0.5, 0.6) is 0 Å². The second-order valence-corrected chi connectivity index (χ2v) is 13.1. The number of benzene rings is 2. The molecule has 2 aliphatic heterocycles. The zero-order chi connectivity index (χ0) is 25.3. The van der Waals surface area contributed by atoms with Gasteiger partial charge in [0.05, 0.1) is 10.6 Å². The van der Waals surface area contributed by atoms with Gasteiger partial charge in [0, 0.05) is 35.3 Å². The maximum Gasteiger partial charge on any atom is 0.244 e. The van der Waals surface area contributed by atoms with Gasteiger partial charge < -0.3 is 10.2 Å². The summed E-state index contributed by atoms with van der Waals surface area (Å²) in [5.74, 6) is -0.00354. The lowest BCUT2D eigenvalue weighted by Gasteiger charge is -2.30. The summed E-state index contributed by atoms with van der Waals surface area (Å²) in [5.41, 5.74) is 3.09. The quantitative estimate of drug-likeness (QED) is 0.630. The lowest BCUT2D eigenvalue weighted by atomic mass is 10.0. The molecule has 0 bridgehead atoms. The minimum absolute atomic E-state index is 0.0129. The molecule has 1 fully saturated rings. The minimum atomic E-state index is -3.69. The van der Waals surface area contributed by atoms with Gasteiger partial charge in [-0.25, -0.2) is 8.42 Å². The van der Waals surface area contributed by atoms with Crippen LogP contribution in [-0.2, 0) is 19.6 Å². The third-order valence-corrected chi connectivity index (χ3v) is 9.80. The normalized spacial score (nSPS) is 19.8. The van der Waals surface area contributed by atoms with E-state index in [1.807, 2.05) is 39.0 Å². The number of carbonyl (C=O) groups is 2. The topological polar surface area (TPSA) is 86.8 Å². The van der Waals surface area contributed by atoms with Gasteiger partial charge in [0.1, 0.15) is 6.54 Å². The summed E-state index contributed by atoms with van der Waals surface area (Å²) >= 11 is 1.53. The number of anilines is 2. The van der Waals surface area contributed by atoms with E-state index in [0.717, 1.165) is 34.6 Å². The number of nitrogens with one attached hydrogen (secondary N) is 1. The Balaban J connectivity index is 1.65. The molecule has 2 aliphatic rings. The van der Waals surface area contributed by atoms with Crippen LogP contribution in [0.4, 0.5) is 11.4 Å². The van der Waals surface area contributed by atoms with E-state index in [4.69, 9.17) is 0 Å². The zero-order valence-electron chi connectivity index (χ0n) is 20.7. The SMILES string of the molecule is Cc1cccc(C)c1NC(=O)CN1C(=O)C[C@@H](C)Sc2ccc(S(=O)(=O)N3CCC(C)CC3)cc21. The second-order valence-electron chi connectivity index (χ2n) is 9.64. The number of para-hydroxylation sites is 1. The van der Waals surface area contributed by atoms with Crippen LogP contribution in [0.3, 0.4) is 0 Å². The molecule has 2 aromatic carbocycles. The van der Waals surface area contributed by atoms with Crippen LogP contribution < -0.4 is 10.2 Å². The molecule has 0 radical (unpaired) electrons. The van der Waals surface area contributed by atoms with Crippen LogP contribution in [-0.4, -0.2) is 49.4 Å². The number of hydrogen-bond donors (Lipinski definition) is 1. The molecule has 0 aromatic heterocycles. The summed E-state index contributed by atoms with van der Waals surface area (Å²) in [5, 5.41) is 2.96. The van der Waals surface area contributed by atoms with Gasteiger partial charge in [0.25, 0.3) is 0 Å². The van der Waals surface area contributed by atoms with Gasteiger partial charge in [-0.1, -0.05) is 32.0 Å². The van der Waals surface area contributed by atoms with Crippen molar-refractivity contribution in [1.82, 2.24) is 4.31 Å². The Morgan fingerprint density at radius 3 is 2.40 bits per heavy atom. The summed E-state index contributed by atoms with van der Waals surface area (Å²) in [6, 6.07) is 10.7. The fourth-order valence-electron chi connectivity index (χ4n) is 4.60. The molecular formula is C26H33N3O4S2. The van der Waals surface area contributed by atoms with Crippen molar-refractivity contribution in [3.63, 3.8) is 0 Å². The van der Waals surface area contributed by atoms with Crippen LogP contribution in [0, 0.1) is 19.8 Å². The number of fused-ring (bicyclic) bond motifs is 1. The van der Waals surface area contributed by atoms with Crippen molar-refractivity contribution in [3.8, 4) is 0 Å². The fraction of sp³-hybridized carbons (Fsp3) is 0.462. The maximum atomic E-state index is 13.4. The predicted molar refractivity (Wildman–Crippen MR) is 140 cm³/mol. The molecule has 1 atom stereocenters. The van der Waals surface area contributed by atoms with Crippen LogP contribution in [0.15, 0.2) is 46.2 Å². The van der Waals surface area contributed by atoms with Crippen LogP contribution in [0.1, 0.15) is 44.2 Å². The smallest absolute Gasteiger partial charge is 0.244 e. The van der Waals surface area contributed by atoms with Crippen molar-refractivity contribution in [1.29, 1.82) is 0 Å². The molecule has 2 amide bonds. The molecule has 0 aliphatic carbocycles. The number of amides is 2. The van der Waals surface area contributed by atoms with E-state index in [2.05, 4.69) is 12.2 Å². The Hall–Kier alpha value is -2.36. The molecular weight excluding hydrogens is 482 g/mol. The molecule has 188 valence electrons. The summed E-state index contributed by atoms with van der Waals surface area (Å²) < 4.78 is 28.3. The number of hydrogen-bond acceptors (Lipinski definition) is 5. The van der Waals surface area contributed by atoms with E-state index in [-0.39, 0.29) is 34.9 Å². The Labute approximate surface area is 212 Å². The number of aryl methyl sites for hydroxylation is 2. The molecule has 1 saturated heterocycles. The van der Waals surface area contributed by atoms with Crippen LogP contribution >= 0.6 is 11.8 Å². The van der Waals surface area contributed by atoms with Crippen LogP contribution in [0.2, 0.25) is 0 Å². The average Bonchev–Trinajstić information content (AvgIpc) is 2.91. The highest BCUT2D eigenvalue weighted by Gasteiger charge is 2.32. The number of thioether (sulfide) groups is 1. The van der Waals surface area contributed by atoms with Gasteiger partial charge >= 0.3 is 0 Å². The minimum Gasteiger partial charge on any atom is -0.324 e. The van der Waals surface area contributed by atoms with E-state index >= 15 is 0 Å². The van der Waals surface area contributed by atoms with Crippen molar-refractivity contribution in [2.24, 2.45) is 5.92 Å². The van der Waals surface area contributed by atoms with Gasteiger partial charge in [-0.05, 0) is 61.9 Å². The summed E-state index contributed by atoms with van der Waals surface area (Å²) in [6.45, 7) is 8.75. The molecule has 2 aromatic rings. The first-order valence-corrected chi connectivity index (χ1v) is 14.4. The van der Waals surface area contributed by atoms with E-state index in [0.29, 0.717) is 24.7 Å². The van der Waals surface area contributed by atoms with E-state index in [1.165, 1.54) is 21.0 Å². The number of piperidine rings is 1. The van der Waals surface area contributed by atoms with E-state index in [1.54, 1.807) is 18.2 Å². The van der Waals surface area contributed by atoms with Crippen molar-refractivity contribution < 1.29 is 18.0 Å². The van der Waals surface area contributed by atoms with Crippen molar-refractivity contribution >= 4 is 45.0 Å². The van der Waals surface area contributed by atoms with Gasteiger partial charge in [-0.15, -0.1) is 11.8 Å². The molecule has 7 nitrogen and oxygen atoms in total. The zero-order valence-corrected chi connectivity index (χ0v) is 22.3. The molecule has 35 heavy (non-hydrogen) atoms. The largest absolute Gasteiger partial charge is 0.324 e. The first-order valence-electron chi connectivity index (χ1n) is 12.0. The molecule has 0 spiro atoms. The number of carbonyl (C=O) groups excluding carboxylic acids is 2. The lowest BCUT2D eigenvalue weighted by Crippen LogP contribution is -2.39. The average molecular weight is 516 g/mol. The van der Waals surface area contributed by atoms with E-state index in [9.17, 15) is 18.0 Å². The highest BCUT2D eigenvalue weighted by Crippen LogP contribution is 2.40. The first-order chi connectivity index (χ1) is 16.6. The highest BCUT2D eigenvalue weighted by atomic mass is 32.2. The number of sulfonamides is 1. The lowest BCUT2D eigenvalue weighted by molar-refractivity contribution is -0.121. The molecule has 0 saturated carbocycles. The fourth-order valence-corrected chi connectivity index (χ4v) is 7.19. The third-order valence-electron chi connectivity index (χ3n) is 6.74. The first kappa shape index (κ1) is 25.7. The summed E-state index contributed by atoms with van der Waals surface area (Å²) in [6.07, 6.45) is 1.93. The van der Waals surface area contributed by atoms with Crippen LogP contribution in [0.25, 0.3) is 0 Å². The second kappa shape index (κ2) is 10.3. The summed E-state index contributed by atoms with van der Waals surface area (Å²) in [4.78, 5) is 28.6. The monoisotopic (exact) mass is 515 g/mol. The van der Waals surface area contributed by atoms with Gasteiger partial charge in [-0.2, -0.15) is 4.31 Å². The standard InChI is InChI=1S/C26H33N3O4S2/c1-17-10-12-28(13-11-17)35(32,33)21-8-9-23-22(15-21)29(25(31)14-20(4)34-23)16-24(30)27-26-18(2)6-5-7-19(26)3/h5-9,15,17,20H,10-14,16H2,1-4H3,(H,27,30)/t20-/m1/s1. The molecule has 1 N–H and O–H groups in total. The Morgan fingerprint density at radius 2 is 1.74 bits per heavy atom. The van der Waals surface area contributed by atoms with Crippen molar-refractivity contribution in [2.75, 3.05) is 29.9 Å². The van der Waals surface area contributed by atoms with E-state index < -0.39 is 10.0 Å². The van der Waals surface area contributed by atoms with Gasteiger partial charge in [-0.3, -0.25) is 9.59 Å². The van der Waals surface area contributed by atoms with Crippen molar-refractivity contribution in [3.05, 3.63) is 47.5 Å². The molecule has 2 heterocycles. The van der Waals surface area contributed by atoms with Crippen molar-refractivity contribution in [2.45, 2.75) is 62.0 Å². The number of nitrogens with zero attached hydrogens (tertiary/aromatic N) is 2.